The van der Waals surface area contributed by atoms with E-state index in [1.165, 1.54) is 0 Å². The molecule has 1 rings (SSSR count). The molecular weight excluding hydrogens is 304 g/mol. The molecule has 1 aromatic heterocycles. The number of guanidine groups is 1. The van der Waals surface area contributed by atoms with Gasteiger partial charge in [-0.1, -0.05) is 0 Å². The fraction of sp³-hybridized carbons (Fsp3) is 0.692. The minimum absolute atomic E-state index is 0.0918. The standard InChI is InChI=1S/C13H26N6O2S/c1-3-14-13(16-9-10-18-22(20,21)4-2)15-7-5-11-19-12-6-8-17-19/h6,8,12,18H,3-5,7,9-11H2,1-2H3,(H2,14,15,16). The molecule has 0 radical (unpaired) electrons. The summed E-state index contributed by atoms with van der Waals surface area (Å²) in [7, 11) is -3.14. The van der Waals surface area contributed by atoms with Crippen LogP contribution in [-0.2, 0) is 16.6 Å². The van der Waals surface area contributed by atoms with E-state index in [0.717, 1.165) is 19.5 Å². The lowest BCUT2D eigenvalue weighted by atomic mass is 10.4. The Hall–Kier alpha value is -1.61. The van der Waals surface area contributed by atoms with E-state index in [0.29, 0.717) is 25.6 Å². The van der Waals surface area contributed by atoms with E-state index < -0.39 is 10.0 Å². The highest BCUT2D eigenvalue weighted by molar-refractivity contribution is 7.89. The summed E-state index contributed by atoms with van der Waals surface area (Å²) in [6.07, 6.45) is 4.57. The van der Waals surface area contributed by atoms with Crippen molar-refractivity contribution in [1.29, 1.82) is 0 Å². The minimum Gasteiger partial charge on any atom is -0.357 e. The maximum Gasteiger partial charge on any atom is 0.211 e. The van der Waals surface area contributed by atoms with Crippen molar-refractivity contribution < 1.29 is 8.42 Å². The van der Waals surface area contributed by atoms with E-state index in [-0.39, 0.29) is 5.75 Å². The maximum atomic E-state index is 11.3. The predicted molar refractivity (Wildman–Crippen MR) is 88.3 cm³/mol. The highest BCUT2D eigenvalue weighted by Gasteiger charge is 2.04. The third-order valence-electron chi connectivity index (χ3n) is 2.84. The van der Waals surface area contributed by atoms with Crippen LogP contribution in [0.4, 0.5) is 0 Å². The SMILES string of the molecule is CCNC(=NCCCn1cccn1)NCCNS(=O)(=O)CC. The molecule has 0 aliphatic rings. The first-order valence-electron chi connectivity index (χ1n) is 7.54. The molecular formula is C13H26N6O2S. The van der Waals surface area contributed by atoms with Gasteiger partial charge in [-0.15, -0.1) is 0 Å². The van der Waals surface area contributed by atoms with Gasteiger partial charge in [-0.2, -0.15) is 5.10 Å². The second-order valence-electron chi connectivity index (χ2n) is 4.61. The summed E-state index contributed by atoms with van der Waals surface area (Å²) >= 11 is 0. The van der Waals surface area contributed by atoms with Crippen LogP contribution in [-0.4, -0.2) is 56.1 Å². The molecule has 0 atom stereocenters. The van der Waals surface area contributed by atoms with Gasteiger partial charge in [-0.25, -0.2) is 13.1 Å². The lowest BCUT2D eigenvalue weighted by Crippen LogP contribution is -2.41. The summed E-state index contributed by atoms with van der Waals surface area (Å²) in [5, 5.41) is 10.4. The van der Waals surface area contributed by atoms with Crippen LogP contribution in [0.3, 0.4) is 0 Å². The summed E-state index contributed by atoms with van der Waals surface area (Å²) in [6.45, 7) is 6.69. The first-order chi connectivity index (χ1) is 10.6. The third kappa shape index (κ3) is 7.99. The van der Waals surface area contributed by atoms with Crippen molar-refractivity contribution in [3.63, 3.8) is 0 Å². The van der Waals surface area contributed by atoms with Crippen LogP contribution in [0.15, 0.2) is 23.5 Å². The van der Waals surface area contributed by atoms with E-state index in [1.54, 1.807) is 13.1 Å². The molecule has 1 heterocycles. The Labute approximate surface area is 132 Å². The smallest absolute Gasteiger partial charge is 0.211 e. The second-order valence-corrected chi connectivity index (χ2v) is 6.70. The Morgan fingerprint density at radius 2 is 2.09 bits per heavy atom. The number of nitrogens with zero attached hydrogens (tertiary/aromatic N) is 3. The van der Waals surface area contributed by atoms with Gasteiger partial charge in [0.1, 0.15) is 0 Å². The molecule has 0 unspecified atom stereocenters. The quantitative estimate of drug-likeness (QED) is 0.312. The van der Waals surface area contributed by atoms with Gasteiger partial charge in [0.2, 0.25) is 10.0 Å². The van der Waals surface area contributed by atoms with Gasteiger partial charge in [0.15, 0.2) is 5.96 Å². The number of rotatable bonds is 10. The highest BCUT2D eigenvalue weighted by Crippen LogP contribution is 1.90. The molecule has 126 valence electrons. The number of hydrogen-bond donors (Lipinski definition) is 3. The molecule has 0 aliphatic carbocycles. The lowest BCUT2D eigenvalue weighted by molar-refractivity contribution is 0.580. The van der Waals surface area contributed by atoms with Gasteiger partial charge in [0.25, 0.3) is 0 Å². The summed E-state index contributed by atoms with van der Waals surface area (Å²) < 4.78 is 27.0. The van der Waals surface area contributed by atoms with Crippen molar-refractivity contribution in [3.8, 4) is 0 Å². The normalized spacial score (nSPS) is 12.4. The molecule has 3 N–H and O–H groups in total. The van der Waals surface area contributed by atoms with Crippen LogP contribution < -0.4 is 15.4 Å². The minimum atomic E-state index is -3.14. The van der Waals surface area contributed by atoms with Crippen molar-refractivity contribution in [2.75, 3.05) is 31.9 Å². The molecule has 0 amide bonds. The van der Waals surface area contributed by atoms with Gasteiger partial charge in [-0.05, 0) is 26.3 Å². The van der Waals surface area contributed by atoms with Crippen LogP contribution in [0.2, 0.25) is 0 Å². The Balaban J connectivity index is 2.26. The third-order valence-corrected chi connectivity index (χ3v) is 4.24. The molecule has 0 aliphatic heterocycles. The summed E-state index contributed by atoms with van der Waals surface area (Å²) in [5.41, 5.74) is 0. The Morgan fingerprint density at radius 3 is 2.73 bits per heavy atom. The average molecular weight is 330 g/mol. The topological polar surface area (TPSA) is 100 Å². The van der Waals surface area contributed by atoms with E-state index >= 15 is 0 Å². The molecule has 0 aromatic carbocycles. The molecule has 8 nitrogen and oxygen atoms in total. The number of aryl methyl sites for hydroxylation is 1. The van der Waals surface area contributed by atoms with Crippen LogP contribution in [0.1, 0.15) is 20.3 Å². The highest BCUT2D eigenvalue weighted by atomic mass is 32.2. The number of sulfonamides is 1. The van der Waals surface area contributed by atoms with Gasteiger partial charge in [0, 0.05) is 45.1 Å². The first kappa shape index (κ1) is 18.4. The number of aromatic nitrogens is 2. The average Bonchev–Trinajstić information content (AvgIpc) is 3.01. The van der Waals surface area contributed by atoms with Crippen molar-refractivity contribution in [3.05, 3.63) is 18.5 Å². The van der Waals surface area contributed by atoms with Gasteiger partial charge in [-0.3, -0.25) is 9.67 Å². The second kappa shape index (κ2) is 10.2. The number of aliphatic imine (C=N–C) groups is 1. The Morgan fingerprint density at radius 1 is 1.27 bits per heavy atom. The zero-order chi connectivity index (χ0) is 16.3. The molecule has 1 aromatic rings. The first-order valence-corrected chi connectivity index (χ1v) is 9.19. The Kier molecular flexibility index (Phi) is 8.53. The van der Waals surface area contributed by atoms with E-state index in [4.69, 9.17) is 0 Å². The van der Waals surface area contributed by atoms with Gasteiger partial charge >= 0.3 is 0 Å². The molecule has 22 heavy (non-hydrogen) atoms. The molecule has 0 saturated heterocycles. The number of hydrogen-bond acceptors (Lipinski definition) is 4. The van der Waals surface area contributed by atoms with Crippen LogP contribution >= 0.6 is 0 Å². The lowest BCUT2D eigenvalue weighted by Gasteiger charge is -2.11. The van der Waals surface area contributed by atoms with Crippen LogP contribution in [0.25, 0.3) is 0 Å². The zero-order valence-corrected chi connectivity index (χ0v) is 14.1. The summed E-state index contributed by atoms with van der Waals surface area (Å²) in [4.78, 5) is 4.44. The van der Waals surface area contributed by atoms with Crippen molar-refractivity contribution >= 4 is 16.0 Å². The molecule has 0 fully saturated rings. The zero-order valence-electron chi connectivity index (χ0n) is 13.2. The fourth-order valence-corrected chi connectivity index (χ4v) is 2.30. The molecule has 0 saturated carbocycles. The molecule has 0 spiro atoms. The molecule has 0 bridgehead atoms. The molecule has 9 heteroatoms. The van der Waals surface area contributed by atoms with E-state index in [1.807, 2.05) is 23.9 Å². The number of nitrogens with one attached hydrogen (secondary N) is 3. The summed E-state index contributed by atoms with van der Waals surface area (Å²) in [6, 6.07) is 1.90. The van der Waals surface area contributed by atoms with Gasteiger partial charge < -0.3 is 10.6 Å². The van der Waals surface area contributed by atoms with Gasteiger partial charge in [0.05, 0.1) is 5.75 Å². The van der Waals surface area contributed by atoms with E-state index in [9.17, 15) is 8.42 Å². The van der Waals surface area contributed by atoms with E-state index in [2.05, 4.69) is 25.4 Å². The Bertz CT molecular complexity index is 527. The van der Waals surface area contributed by atoms with Crippen LogP contribution in [0.5, 0.6) is 0 Å². The summed E-state index contributed by atoms with van der Waals surface area (Å²) in [5.74, 6) is 0.785. The predicted octanol–water partition coefficient (Wildman–Crippen LogP) is -0.232. The fourth-order valence-electron chi connectivity index (χ4n) is 1.69. The van der Waals surface area contributed by atoms with Crippen molar-refractivity contribution in [1.82, 2.24) is 25.1 Å². The monoisotopic (exact) mass is 330 g/mol. The van der Waals surface area contributed by atoms with Crippen molar-refractivity contribution in [2.45, 2.75) is 26.8 Å². The van der Waals surface area contributed by atoms with Crippen LogP contribution in [0, 0.1) is 0 Å². The maximum absolute atomic E-state index is 11.3. The largest absolute Gasteiger partial charge is 0.357 e. The van der Waals surface area contributed by atoms with Crippen molar-refractivity contribution in [2.24, 2.45) is 4.99 Å².